The van der Waals surface area contributed by atoms with E-state index in [1.807, 2.05) is 41.5 Å². The predicted molar refractivity (Wildman–Crippen MR) is 484 cm³/mol. The smallest absolute Gasteiger partial charge is 0.257 e. The molecule has 6 aliphatic carbocycles. The highest BCUT2D eigenvalue weighted by molar-refractivity contribution is 5.89. The van der Waals surface area contributed by atoms with E-state index in [4.69, 9.17) is 0 Å². The number of amides is 6. The first kappa shape index (κ1) is 96.7. The molecule has 8 aliphatic heterocycles. The normalized spacial score (nSPS) is 30.3. The first-order valence-corrected chi connectivity index (χ1v) is 48.9. The van der Waals surface area contributed by atoms with Gasteiger partial charge < -0.3 is 0 Å². The molecule has 0 unspecified atom stereocenters. The number of likely N-dealkylation sites (N-methyl/N-ethyl adjacent to an activating group) is 3. The Morgan fingerprint density at radius 1 is 0.220 bits per heavy atom. The van der Waals surface area contributed by atoms with Crippen molar-refractivity contribution in [3.05, 3.63) is 0 Å². The van der Waals surface area contributed by atoms with E-state index < -0.39 is 33.2 Å². The summed E-state index contributed by atoms with van der Waals surface area (Å²) in [7, 11) is 6.29. The quantitative estimate of drug-likeness (QED) is 0.117. The molecule has 14 rings (SSSR count). The van der Waals surface area contributed by atoms with Crippen LogP contribution in [0.15, 0.2) is 0 Å². The summed E-state index contributed by atoms with van der Waals surface area (Å²) in [5, 5.41) is 52.6. The van der Waals surface area contributed by atoms with E-state index in [0.29, 0.717) is 79.3 Å². The lowest BCUT2D eigenvalue weighted by Gasteiger charge is -2.64. The average Bonchev–Trinajstić information content (AvgIpc) is 0.725. The summed E-state index contributed by atoms with van der Waals surface area (Å²) in [4.78, 5) is 97.0. The third kappa shape index (κ3) is 19.7. The van der Waals surface area contributed by atoms with E-state index in [0.717, 1.165) is 154 Å². The van der Waals surface area contributed by atoms with Crippen molar-refractivity contribution >= 4 is 35.4 Å². The lowest BCUT2D eigenvalue weighted by atomic mass is 9.88. The van der Waals surface area contributed by atoms with Crippen LogP contribution in [-0.4, -0.2) is 344 Å². The highest BCUT2D eigenvalue weighted by Crippen LogP contribution is 2.45. The maximum absolute atomic E-state index is 15.2. The lowest BCUT2D eigenvalue weighted by Crippen LogP contribution is -2.81. The van der Waals surface area contributed by atoms with Crippen LogP contribution in [0.4, 0.5) is 0 Å². The van der Waals surface area contributed by atoms with Crippen LogP contribution in [0.5, 0.6) is 0 Å². The molecule has 0 atom stereocenters. The molecule has 6 amide bonds. The first-order chi connectivity index (χ1) is 57.2. The number of nitrogens with zero attached hydrogens (tertiary/aromatic N) is 21. The van der Waals surface area contributed by atoms with E-state index in [2.05, 4.69) is 267 Å². The zero-order valence-corrected chi connectivity index (χ0v) is 82.5. The Balaban J connectivity index is 0.000000212. The molecule has 30 nitrogen and oxygen atoms in total. The molecule has 0 aromatic heterocycles. The van der Waals surface area contributed by atoms with Gasteiger partial charge in [0.2, 0.25) is 0 Å². The van der Waals surface area contributed by atoms with Crippen molar-refractivity contribution in [2.75, 3.05) is 100 Å². The number of hydrazine groups is 12. The number of piperazine rings is 6. The van der Waals surface area contributed by atoms with Crippen LogP contribution in [0.1, 0.15) is 359 Å². The Kier molecular flexibility index (Phi) is 28.3. The van der Waals surface area contributed by atoms with Gasteiger partial charge in [0.1, 0.15) is 0 Å². The molecule has 0 spiro atoms. The zero-order valence-electron chi connectivity index (χ0n) is 82.5. The van der Waals surface area contributed by atoms with Gasteiger partial charge in [-0.2, -0.15) is 30.1 Å². The second-order valence-electron chi connectivity index (χ2n) is 47.4. The maximum Gasteiger partial charge on any atom is 0.257 e. The predicted octanol–water partition coefficient (Wildman–Crippen LogP) is 11.3. The minimum atomic E-state index is -0.763. The molecule has 0 aromatic rings. The van der Waals surface area contributed by atoms with Crippen LogP contribution < -0.4 is 16.0 Å². The summed E-state index contributed by atoms with van der Waals surface area (Å²) in [6, 6.07) is 0.819. The highest BCUT2D eigenvalue weighted by Gasteiger charge is 2.61. The van der Waals surface area contributed by atoms with Crippen molar-refractivity contribution in [1.29, 1.82) is 0 Å². The molecule has 123 heavy (non-hydrogen) atoms. The summed E-state index contributed by atoms with van der Waals surface area (Å²) >= 11 is 0. The van der Waals surface area contributed by atoms with E-state index in [1.165, 1.54) is 38.5 Å². The van der Waals surface area contributed by atoms with E-state index >= 15 is 14.4 Å². The third-order valence-corrected chi connectivity index (χ3v) is 31.6. The van der Waals surface area contributed by atoms with Crippen molar-refractivity contribution in [2.24, 2.45) is 0 Å². The summed E-state index contributed by atoms with van der Waals surface area (Å²) in [5.74, 6) is 0.565. The molecule has 30 heteroatoms. The van der Waals surface area contributed by atoms with Crippen molar-refractivity contribution in [3.63, 3.8) is 0 Å². The Morgan fingerprint density at radius 2 is 0.366 bits per heavy atom. The summed E-state index contributed by atoms with van der Waals surface area (Å²) < 4.78 is 0. The number of hydrogen-bond acceptors (Lipinski definition) is 24. The van der Waals surface area contributed by atoms with Gasteiger partial charge in [0.15, 0.2) is 0 Å². The average molecular weight is 1720 g/mol. The molecule has 3 N–H and O–H groups in total. The van der Waals surface area contributed by atoms with Crippen LogP contribution >= 0.6 is 0 Å². The van der Waals surface area contributed by atoms with Gasteiger partial charge in [0.05, 0.1) is 113 Å². The van der Waals surface area contributed by atoms with Gasteiger partial charge in [0.25, 0.3) is 35.4 Å². The molecule has 0 bridgehead atoms. The number of carbonyl (C=O) groups excluding carboxylic acids is 6. The van der Waals surface area contributed by atoms with Crippen LogP contribution in [0.3, 0.4) is 0 Å². The SMILES string of the molecule is CC1(C)CN(N(C2CCCCC2)N2CN(N(C3CCCCC3)N3CC(C)(C)NC(C)(C)C3=O)CN(N(C3CCCCC3)N3CC(C)(C)NC(C)(C)C3=O)C2)C(=O)C(C)(C)N1.CN1C(C)(C)CN(N(C2CCCCC2)N2CN(N(C3CCCCC3)N3CC(C)(C)N(C)C(C)(C)C3=O)CN(N(C3CCCCC3)N3CC(C)(C)N(C)C(C)(C)C3=O)C2)C(=O)C1(C)C. The molecule has 14 fully saturated rings. The molecule has 6 saturated carbocycles. The summed E-state index contributed by atoms with van der Waals surface area (Å²) in [5.41, 5.74) is -6.28. The topological polar surface area (TPSA) is 207 Å². The maximum atomic E-state index is 15.2. The molecular weight excluding hydrogens is 1550 g/mol. The second-order valence-corrected chi connectivity index (χ2v) is 47.4. The van der Waals surface area contributed by atoms with Crippen molar-refractivity contribution in [1.82, 2.24) is 121 Å². The fourth-order valence-corrected chi connectivity index (χ4v) is 24.9. The van der Waals surface area contributed by atoms with Gasteiger partial charge in [0, 0.05) is 69.5 Å². The van der Waals surface area contributed by atoms with Crippen LogP contribution in [0, 0.1) is 0 Å². The van der Waals surface area contributed by atoms with E-state index in [1.54, 1.807) is 0 Å². The first-order valence-electron chi connectivity index (χ1n) is 48.9. The van der Waals surface area contributed by atoms with Gasteiger partial charge in [-0.15, -0.1) is 30.7 Å². The second kappa shape index (κ2) is 36.0. The number of nitrogens with one attached hydrogen (secondary N) is 3. The van der Waals surface area contributed by atoms with Gasteiger partial charge in [-0.25, -0.2) is 0 Å². The molecular formula is C93H174N24O6. The number of rotatable bonds is 18. The van der Waals surface area contributed by atoms with Gasteiger partial charge in [-0.1, -0.05) is 116 Å². The number of carbonyl (C=O) groups is 6. The highest BCUT2D eigenvalue weighted by atomic mass is 16.2. The van der Waals surface area contributed by atoms with Crippen LogP contribution in [0.25, 0.3) is 0 Å². The molecule has 0 radical (unpaired) electrons. The van der Waals surface area contributed by atoms with Gasteiger partial charge in [-0.3, -0.25) is 89.5 Å². The fraction of sp³-hybridized carbons (Fsp3) is 0.935. The van der Waals surface area contributed by atoms with Gasteiger partial charge >= 0.3 is 0 Å². The minimum absolute atomic E-state index is 0.0749. The Hall–Kier alpha value is -3.90. The van der Waals surface area contributed by atoms with E-state index in [9.17, 15) is 14.4 Å². The Bertz CT molecular complexity index is 3310. The molecule has 8 heterocycles. The van der Waals surface area contributed by atoms with Crippen molar-refractivity contribution < 1.29 is 28.8 Å². The standard InChI is InChI=1S/C48H90N12O3.C45H84N12O3/c1-43(2)31-55(40(61)46(7,8)49(43)13)58(37-25-19-16-20-26-37)52-34-53(59(38-27-21-17-22-28-38)56-32-44(3,4)50(14)47(9,10)41(56)62)36-54(35-52)60(39-29-23-18-24-30-39)57-33-45(5,6)51(15)48(11,12)42(57)63;1-40(2)28-52(37(58)43(7,8)46-40)55(34-22-16-13-17-23-34)49-31-50(56(35-24-18-14-19-25-35)53-29-41(3,4)47-44(9,10)38(53)59)33-51(32-49)57(36-26-20-15-21-27-36)54-30-42(5,6)48-45(11,12)39(54)60/h37-39H,16-36H2,1-15H3;34-36,46-48H,13-33H2,1-12H3. The van der Waals surface area contributed by atoms with Crippen molar-refractivity contribution in [2.45, 2.75) is 462 Å². The molecule has 14 aliphatic rings. The third-order valence-electron chi connectivity index (χ3n) is 31.6. The minimum Gasteiger partial charge on any atom is -0.297 e. The van der Waals surface area contributed by atoms with Crippen LogP contribution in [0.2, 0.25) is 0 Å². The van der Waals surface area contributed by atoms with E-state index in [-0.39, 0.29) is 105 Å². The Labute approximate surface area is 743 Å². The zero-order chi connectivity index (χ0) is 89.9. The lowest BCUT2D eigenvalue weighted by molar-refractivity contribution is -0.364. The molecule has 702 valence electrons. The van der Waals surface area contributed by atoms with Crippen molar-refractivity contribution in [3.8, 4) is 0 Å². The van der Waals surface area contributed by atoms with Gasteiger partial charge in [-0.05, 0) is 264 Å². The molecule has 8 saturated heterocycles. The summed E-state index contributed by atoms with van der Waals surface area (Å²) in [6.07, 6.45) is 32.8. The largest absolute Gasteiger partial charge is 0.297 e. The van der Waals surface area contributed by atoms with Crippen LogP contribution in [-0.2, 0) is 28.8 Å². The summed E-state index contributed by atoms with van der Waals surface area (Å²) in [6.45, 7) is 57.8. The monoisotopic (exact) mass is 1720 g/mol. The Morgan fingerprint density at radius 3 is 0.520 bits per heavy atom. The molecule has 0 aromatic carbocycles. The fourth-order valence-electron chi connectivity index (χ4n) is 24.9. The number of hydrogen-bond donors (Lipinski definition) is 3.